The lowest BCUT2D eigenvalue weighted by atomic mass is 9.90. The maximum absolute atomic E-state index is 10.5. The lowest BCUT2D eigenvalue weighted by Crippen LogP contribution is -2.59. The van der Waals surface area contributed by atoms with Gasteiger partial charge in [0.05, 0.1) is 18.9 Å². The summed E-state index contributed by atoms with van der Waals surface area (Å²) in [5.41, 5.74) is 2.06. The molecule has 0 bridgehead atoms. The van der Waals surface area contributed by atoms with E-state index in [9.17, 15) is 5.11 Å². The van der Waals surface area contributed by atoms with Gasteiger partial charge in [-0.05, 0) is 30.8 Å². The van der Waals surface area contributed by atoms with Gasteiger partial charge in [0.2, 0.25) is 5.72 Å². The molecule has 158 valence electrons. The molecule has 3 aliphatic rings. The molecule has 2 aromatic rings. The summed E-state index contributed by atoms with van der Waals surface area (Å²) in [4.78, 5) is 2.44. The number of hydrogen-bond acceptors (Lipinski definition) is 6. The Morgan fingerprint density at radius 2 is 2.07 bits per heavy atom. The van der Waals surface area contributed by atoms with Crippen LogP contribution in [0, 0.1) is 0 Å². The van der Waals surface area contributed by atoms with Crippen molar-refractivity contribution in [1.29, 1.82) is 0 Å². The molecular weight excluding hydrogens is 402 g/mol. The first-order chi connectivity index (χ1) is 14.5. The van der Waals surface area contributed by atoms with Gasteiger partial charge in [0.15, 0.2) is 11.5 Å². The van der Waals surface area contributed by atoms with Gasteiger partial charge in [-0.25, -0.2) is 5.01 Å². The van der Waals surface area contributed by atoms with Gasteiger partial charge in [0.1, 0.15) is 5.75 Å². The molecule has 30 heavy (non-hydrogen) atoms. The molecule has 1 fully saturated rings. The molecule has 1 atom stereocenters. The number of hydrazone groups is 1. The third-order valence-electron chi connectivity index (χ3n) is 6.56. The fraction of sp³-hybridized carbons (Fsp3) is 0.435. The predicted octanol–water partition coefficient (Wildman–Crippen LogP) is 4.41. The highest BCUT2D eigenvalue weighted by Crippen LogP contribution is 2.53. The molecular formula is C23H26ClN3O3. The first-order valence-electron chi connectivity index (χ1n) is 10.5. The highest BCUT2D eigenvalue weighted by Gasteiger charge is 2.52. The molecule has 0 unspecified atom stereocenters. The molecule has 0 radical (unpaired) electrons. The Kier molecular flexibility index (Phi) is 4.79. The Hall–Kier alpha value is -2.44. The van der Waals surface area contributed by atoms with Crippen molar-refractivity contribution in [3.8, 4) is 17.2 Å². The lowest BCUT2D eigenvalue weighted by molar-refractivity contribution is -0.150. The average molecular weight is 428 g/mol. The number of aromatic hydroxyl groups is 1. The number of methoxy groups -OCH3 is 1. The minimum absolute atomic E-state index is 0.0328. The van der Waals surface area contributed by atoms with E-state index in [0.29, 0.717) is 17.0 Å². The van der Waals surface area contributed by atoms with Crippen LogP contribution in [0.25, 0.3) is 0 Å². The minimum Gasteiger partial charge on any atom is -0.507 e. The average Bonchev–Trinajstić information content (AvgIpc) is 3.22. The van der Waals surface area contributed by atoms with Crippen LogP contribution in [0.1, 0.15) is 43.4 Å². The fourth-order valence-electron chi connectivity index (χ4n) is 4.88. The largest absolute Gasteiger partial charge is 0.507 e. The fourth-order valence-corrected chi connectivity index (χ4v) is 5.05. The second kappa shape index (κ2) is 7.36. The number of likely N-dealkylation sites (tertiary alicyclic amines) is 1. The molecule has 1 saturated heterocycles. The lowest BCUT2D eigenvalue weighted by Gasteiger charge is -2.51. The van der Waals surface area contributed by atoms with Crippen LogP contribution < -0.4 is 9.47 Å². The quantitative estimate of drug-likeness (QED) is 0.786. The molecule has 2 aromatic carbocycles. The number of piperidine rings is 1. The zero-order valence-corrected chi connectivity index (χ0v) is 18.0. The van der Waals surface area contributed by atoms with Crippen molar-refractivity contribution in [2.45, 2.75) is 38.0 Å². The second-order valence-electron chi connectivity index (χ2n) is 8.13. The standard InChI is InChI=1S/C23H26ClN3O3/c1-3-26-11-9-23(10-12-26)27-19(16-5-4-6-21(29-2)22(16)30-23)14-18(25-27)17-13-15(24)7-8-20(17)28/h4-8,13,19,28H,3,9-12,14H2,1-2H3/t19-/m0/s1. The third-order valence-corrected chi connectivity index (χ3v) is 6.80. The Morgan fingerprint density at radius 3 is 2.80 bits per heavy atom. The number of phenols is 1. The number of para-hydroxylation sites is 1. The van der Waals surface area contributed by atoms with Gasteiger partial charge < -0.3 is 19.5 Å². The third kappa shape index (κ3) is 3.01. The van der Waals surface area contributed by atoms with Crippen molar-refractivity contribution in [1.82, 2.24) is 9.91 Å². The van der Waals surface area contributed by atoms with Crippen molar-refractivity contribution in [3.63, 3.8) is 0 Å². The van der Waals surface area contributed by atoms with E-state index in [1.165, 1.54) is 0 Å². The maximum Gasteiger partial charge on any atom is 0.200 e. The summed E-state index contributed by atoms with van der Waals surface area (Å²) in [6.07, 6.45) is 2.39. The van der Waals surface area contributed by atoms with Crippen LogP contribution in [0.4, 0.5) is 0 Å². The predicted molar refractivity (Wildman–Crippen MR) is 117 cm³/mol. The molecule has 1 spiro atoms. The van der Waals surface area contributed by atoms with Crippen molar-refractivity contribution in [2.75, 3.05) is 26.7 Å². The summed E-state index contributed by atoms with van der Waals surface area (Å²) in [6, 6.07) is 11.2. The molecule has 1 N–H and O–H groups in total. The van der Waals surface area contributed by atoms with Gasteiger partial charge in [-0.1, -0.05) is 30.7 Å². The number of nitrogens with zero attached hydrogens (tertiary/aromatic N) is 3. The Bertz CT molecular complexity index is 1000. The number of ether oxygens (including phenoxy) is 2. The first-order valence-corrected chi connectivity index (χ1v) is 10.9. The molecule has 7 heteroatoms. The SMILES string of the molecule is CCN1CCC2(CC1)Oc1c(OC)cccc1[C@@H]1CC(c3cc(Cl)ccc3O)=NN12. The summed E-state index contributed by atoms with van der Waals surface area (Å²) < 4.78 is 12.3. The smallest absolute Gasteiger partial charge is 0.200 e. The zero-order valence-electron chi connectivity index (χ0n) is 17.3. The van der Waals surface area contributed by atoms with Gasteiger partial charge in [0.25, 0.3) is 0 Å². The number of hydrogen-bond donors (Lipinski definition) is 1. The monoisotopic (exact) mass is 427 g/mol. The van der Waals surface area contributed by atoms with E-state index in [2.05, 4.69) is 22.9 Å². The number of phenolic OH excluding ortho intramolecular Hbond substituents is 1. The summed E-state index contributed by atoms with van der Waals surface area (Å²) in [7, 11) is 1.68. The summed E-state index contributed by atoms with van der Waals surface area (Å²) >= 11 is 6.22. The Morgan fingerprint density at radius 1 is 1.27 bits per heavy atom. The number of fused-ring (bicyclic) bond motifs is 4. The molecule has 0 saturated carbocycles. The summed E-state index contributed by atoms with van der Waals surface area (Å²) in [5, 5.41) is 18.2. The van der Waals surface area contributed by atoms with Gasteiger partial charge in [-0.2, -0.15) is 5.10 Å². The molecule has 6 nitrogen and oxygen atoms in total. The van der Waals surface area contributed by atoms with Crippen LogP contribution in [0.3, 0.4) is 0 Å². The van der Waals surface area contributed by atoms with E-state index in [1.54, 1.807) is 25.3 Å². The second-order valence-corrected chi connectivity index (χ2v) is 8.57. The Balaban J connectivity index is 1.60. The molecule has 3 heterocycles. The first kappa shape index (κ1) is 19.5. The normalized spacial score (nSPS) is 22.3. The van der Waals surface area contributed by atoms with E-state index >= 15 is 0 Å². The maximum atomic E-state index is 10.5. The van der Waals surface area contributed by atoms with Gasteiger partial charge in [0, 0.05) is 48.5 Å². The topological polar surface area (TPSA) is 57.5 Å². The van der Waals surface area contributed by atoms with E-state index in [-0.39, 0.29) is 11.8 Å². The van der Waals surface area contributed by atoms with Gasteiger partial charge >= 0.3 is 0 Å². The van der Waals surface area contributed by atoms with Crippen LogP contribution in [0.15, 0.2) is 41.5 Å². The molecule has 0 aliphatic carbocycles. The van der Waals surface area contributed by atoms with E-state index < -0.39 is 5.72 Å². The highest BCUT2D eigenvalue weighted by molar-refractivity contribution is 6.31. The number of rotatable bonds is 3. The van der Waals surface area contributed by atoms with Crippen molar-refractivity contribution < 1.29 is 14.6 Å². The van der Waals surface area contributed by atoms with E-state index in [1.807, 2.05) is 12.1 Å². The Labute approximate surface area is 181 Å². The van der Waals surface area contributed by atoms with Crippen molar-refractivity contribution >= 4 is 17.3 Å². The van der Waals surface area contributed by atoms with Gasteiger partial charge in [-0.3, -0.25) is 0 Å². The van der Waals surface area contributed by atoms with Gasteiger partial charge in [-0.15, -0.1) is 0 Å². The van der Waals surface area contributed by atoms with Crippen LogP contribution >= 0.6 is 11.6 Å². The van der Waals surface area contributed by atoms with Crippen LogP contribution in [0.5, 0.6) is 17.2 Å². The molecule has 0 aromatic heterocycles. The van der Waals surface area contributed by atoms with Crippen molar-refractivity contribution in [2.24, 2.45) is 5.10 Å². The van der Waals surface area contributed by atoms with Crippen LogP contribution in [-0.4, -0.2) is 53.2 Å². The molecule has 0 amide bonds. The summed E-state index contributed by atoms with van der Waals surface area (Å²) in [6.45, 7) is 5.13. The van der Waals surface area contributed by atoms with E-state index in [4.69, 9.17) is 26.2 Å². The van der Waals surface area contributed by atoms with Crippen molar-refractivity contribution in [3.05, 3.63) is 52.5 Å². The van der Waals surface area contributed by atoms with E-state index in [0.717, 1.165) is 55.3 Å². The number of halogens is 1. The highest BCUT2D eigenvalue weighted by atomic mass is 35.5. The zero-order chi connectivity index (χ0) is 20.9. The van der Waals surface area contributed by atoms with Crippen LogP contribution in [0.2, 0.25) is 5.02 Å². The minimum atomic E-state index is -0.520. The molecule has 3 aliphatic heterocycles. The van der Waals surface area contributed by atoms with Crippen LogP contribution in [-0.2, 0) is 0 Å². The number of benzene rings is 2. The molecule has 5 rings (SSSR count). The summed E-state index contributed by atoms with van der Waals surface area (Å²) in [5.74, 6) is 1.76.